The van der Waals surface area contributed by atoms with Crippen LogP contribution in [-0.4, -0.2) is 34.9 Å². The zero-order valence-electron chi connectivity index (χ0n) is 8.72. The summed E-state index contributed by atoms with van der Waals surface area (Å²) in [5.74, 6) is -0.225. The van der Waals surface area contributed by atoms with Crippen molar-refractivity contribution in [3.8, 4) is 0 Å². The van der Waals surface area contributed by atoms with Gasteiger partial charge < -0.3 is 10.1 Å². The van der Waals surface area contributed by atoms with E-state index in [-0.39, 0.29) is 12.0 Å². The fraction of sp³-hybridized carbons (Fsp3) is 0.600. The molecule has 82 valence electrons. The van der Waals surface area contributed by atoms with Crippen molar-refractivity contribution in [1.29, 1.82) is 0 Å². The number of carbonyl (C=O) groups excluding carboxylic acids is 1. The molecule has 0 amide bonds. The SMILES string of the molecule is COC(=O)C(Cn1cccn1)NC1CC1. The first-order valence-corrected chi connectivity index (χ1v) is 5.11. The maximum absolute atomic E-state index is 11.5. The number of esters is 1. The third kappa shape index (κ3) is 2.79. The van der Waals surface area contributed by atoms with Gasteiger partial charge in [-0.25, -0.2) is 0 Å². The Morgan fingerprint density at radius 1 is 1.73 bits per heavy atom. The molecule has 1 aliphatic carbocycles. The highest BCUT2D eigenvalue weighted by Gasteiger charge is 2.29. The van der Waals surface area contributed by atoms with Crippen LogP contribution in [0.2, 0.25) is 0 Å². The lowest BCUT2D eigenvalue weighted by Crippen LogP contribution is -2.42. The van der Waals surface area contributed by atoms with Gasteiger partial charge in [0.25, 0.3) is 0 Å². The van der Waals surface area contributed by atoms with Crippen molar-refractivity contribution in [2.24, 2.45) is 0 Å². The Morgan fingerprint density at radius 3 is 3.07 bits per heavy atom. The molecule has 1 N–H and O–H groups in total. The summed E-state index contributed by atoms with van der Waals surface area (Å²) >= 11 is 0. The summed E-state index contributed by atoms with van der Waals surface area (Å²) in [6.45, 7) is 0.524. The maximum atomic E-state index is 11.5. The van der Waals surface area contributed by atoms with Crippen LogP contribution in [0.1, 0.15) is 12.8 Å². The van der Waals surface area contributed by atoms with Gasteiger partial charge in [0.2, 0.25) is 0 Å². The molecule has 5 nitrogen and oxygen atoms in total. The number of nitrogens with one attached hydrogen (secondary N) is 1. The average Bonchev–Trinajstić information content (AvgIpc) is 2.91. The summed E-state index contributed by atoms with van der Waals surface area (Å²) in [7, 11) is 1.41. The molecule has 1 unspecified atom stereocenters. The first-order chi connectivity index (χ1) is 7.29. The first kappa shape index (κ1) is 10.2. The topological polar surface area (TPSA) is 56.2 Å². The zero-order chi connectivity index (χ0) is 10.7. The molecule has 1 heterocycles. The highest BCUT2D eigenvalue weighted by Crippen LogP contribution is 2.19. The molecule has 0 saturated heterocycles. The van der Waals surface area contributed by atoms with Crippen molar-refractivity contribution in [2.75, 3.05) is 7.11 Å². The minimum atomic E-state index is -0.289. The number of aromatic nitrogens is 2. The molecule has 0 aromatic carbocycles. The van der Waals surface area contributed by atoms with Crippen LogP contribution in [0.3, 0.4) is 0 Å². The summed E-state index contributed by atoms with van der Waals surface area (Å²) in [5.41, 5.74) is 0. The normalized spacial score (nSPS) is 17.4. The average molecular weight is 209 g/mol. The van der Waals surface area contributed by atoms with Gasteiger partial charge in [-0.15, -0.1) is 0 Å². The van der Waals surface area contributed by atoms with Gasteiger partial charge in [0.15, 0.2) is 0 Å². The van der Waals surface area contributed by atoms with Crippen LogP contribution in [-0.2, 0) is 16.1 Å². The third-order valence-electron chi connectivity index (χ3n) is 2.43. The molecule has 0 aliphatic heterocycles. The Morgan fingerprint density at radius 2 is 2.53 bits per heavy atom. The molecule has 1 atom stereocenters. The van der Waals surface area contributed by atoms with E-state index in [1.54, 1.807) is 10.9 Å². The van der Waals surface area contributed by atoms with E-state index in [0.29, 0.717) is 12.6 Å². The second-order valence-corrected chi connectivity index (χ2v) is 3.74. The van der Waals surface area contributed by atoms with Crippen molar-refractivity contribution in [2.45, 2.75) is 31.5 Å². The molecule has 1 aliphatic rings. The zero-order valence-corrected chi connectivity index (χ0v) is 8.72. The van der Waals surface area contributed by atoms with E-state index in [2.05, 4.69) is 10.4 Å². The van der Waals surface area contributed by atoms with Crippen LogP contribution in [0.15, 0.2) is 18.5 Å². The highest BCUT2D eigenvalue weighted by atomic mass is 16.5. The van der Waals surface area contributed by atoms with E-state index >= 15 is 0 Å². The molecule has 0 spiro atoms. The molecular weight excluding hydrogens is 194 g/mol. The molecule has 15 heavy (non-hydrogen) atoms. The lowest BCUT2D eigenvalue weighted by atomic mass is 10.3. The van der Waals surface area contributed by atoms with Crippen molar-refractivity contribution < 1.29 is 9.53 Å². The summed E-state index contributed by atoms with van der Waals surface area (Å²) < 4.78 is 6.48. The van der Waals surface area contributed by atoms with Gasteiger partial charge >= 0.3 is 5.97 Å². The summed E-state index contributed by atoms with van der Waals surface area (Å²) in [5, 5.41) is 7.31. The Labute approximate surface area is 88.4 Å². The Hall–Kier alpha value is -1.36. The summed E-state index contributed by atoms with van der Waals surface area (Å²) in [4.78, 5) is 11.5. The summed E-state index contributed by atoms with van der Waals surface area (Å²) in [6, 6.07) is 2.03. The van der Waals surface area contributed by atoms with Crippen LogP contribution < -0.4 is 5.32 Å². The van der Waals surface area contributed by atoms with Crippen LogP contribution >= 0.6 is 0 Å². The van der Waals surface area contributed by atoms with Gasteiger partial charge in [-0.3, -0.25) is 9.48 Å². The van der Waals surface area contributed by atoms with Gasteiger partial charge in [0.05, 0.1) is 13.7 Å². The molecular formula is C10H15N3O2. The van der Waals surface area contributed by atoms with Gasteiger partial charge in [-0.05, 0) is 18.9 Å². The molecule has 1 aromatic heterocycles. The second kappa shape index (κ2) is 4.44. The number of hydrogen-bond donors (Lipinski definition) is 1. The molecule has 5 heteroatoms. The number of nitrogens with zero attached hydrogens (tertiary/aromatic N) is 2. The predicted molar refractivity (Wildman–Crippen MR) is 54.2 cm³/mol. The Kier molecular flexibility index (Phi) is 3.01. The standard InChI is InChI=1S/C10H15N3O2/c1-15-10(14)9(12-8-3-4-8)7-13-6-2-5-11-13/h2,5-6,8-9,12H,3-4,7H2,1H3. The van der Waals surface area contributed by atoms with E-state index < -0.39 is 0 Å². The lowest BCUT2D eigenvalue weighted by molar-refractivity contribution is -0.143. The number of ether oxygens (including phenoxy) is 1. The molecule has 0 radical (unpaired) electrons. The molecule has 1 saturated carbocycles. The molecule has 0 bridgehead atoms. The molecule has 1 fully saturated rings. The summed E-state index contributed by atoms with van der Waals surface area (Å²) in [6.07, 6.45) is 5.83. The van der Waals surface area contributed by atoms with Crippen LogP contribution in [0.5, 0.6) is 0 Å². The Balaban J connectivity index is 1.94. The number of carbonyl (C=O) groups is 1. The van der Waals surface area contributed by atoms with Crippen LogP contribution in [0.25, 0.3) is 0 Å². The molecule has 1 aromatic rings. The lowest BCUT2D eigenvalue weighted by Gasteiger charge is -2.15. The van der Waals surface area contributed by atoms with Crippen LogP contribution in [0.4, 0.5) is 0 Å². The maximum Gasteiger partial charge on any atom is 0.324 e. The number of rotatable bonds is 5. The van der Waals surface area contributed by atoms with Gasteiger partial charge in [-0.2, -0.15) is 5.10 Å². The largest absolute Gasteiger partial charge is 0.468 e. The van der Waals surface area contributed by atoms with Gasteiger partial charge in [-0.1, -0.05) is 0 Å². The fourth-order valence-electron chi connectivity index (χ4n) is 1.47. The van der Waals surface area contributed by atoms with E-state index in [0.717, 1.165) is 12.8 Å². The third-order valence-corrected chi connectivity index (χ3v) is 2.43. The fourth-order valence-corrected chi connectivity index (χ4v) is 1.47. The smallest absolute Gasteiger partial charge is 0.324 e. The quantitative estimate of drug-likeness (QED) is 0.703. The van der Waals surface area contributed by atoms with E-state index in [1.165, 1.54) is 7.11 Å². The van der Waals surface area contributed by atoms with E-state index in [9.17, 15) is 4.79 Å². The van der Waals surface area contributed by atoms with E-state index in [4.69, 9.17) is 4.74 Å². The molecule has 2 rings (SSSR count). The highest BCUT2D eigenvalue weighted by molar-refractivity contribution is 5.75. The van der Waals surface area contributed by atoms with E-state index in [1.807, 2.05) is 12.3 Å². The number of hydrogen-bond acceptors (Lipinski definition) is 4. The minimum Gasteiger partial charge on any atom is -0.468 e. The van der Waals surface area contributed by atoms with Gasteiger partial charge in [0, 0.05) is 18.4 Å². The monoisotopic (exact) mass is 209 g/mol. The van der Waals surface area contributed by atoms with Crippen LogP contribution in [0, 0.1) is 0 Å². The van der Waals surface area contributed by atoms with Crippen molar-refractivity contribution in [3.05, 3.63) is 18.5 Å². The van der Waals surface area contributed by atoms with Crippen molar-refractivity contribution in [3.63, 3.8) is 0 Å². The first-order valence-electron chi connectivity index (χ1n) is 5.11. The van der Waals surface area contributed by atoms with Crippen molar-refractivity contribution >= 4 is 5.97 Å². The number of methoxy groups -OCH3 is 1. The minimum absolute atomic E-state index is 0.225. The Bertz CT molecular complexity index is 319. The second-order valence-electron chi connectivity index (χ2n) is 3.74. The predicted octanol–water partition coefficient (Wildman–Crippen LogP) is 0.177. The van der Waals surface area contributed by atoms with Crippen molar-refractivity contribution in [1.82, 2.24) is 15.1 Å². The van der Waals surface area contributed by atoms with Gasteiger partial charge in [0.1, 0.15) is 6.04 Å².